The quantitative estimate of drug-likeness (QED) is 0.839. The van der Waals surface area contributed by atoms with Gasteiger partial charge in [-0.05, 0) is 0 Å². The average molecular weight is 255 g/mol. The first-order chi connectivity index (χ1) is 8.37. The smallest absolute Gasteiger partial charge is 0.451 e. The molecule has 1 aromatic rings. The molecule has 0 aromatic heterocycles. The molecule has 18 heavy (non-hydrogen) atoms. The Bertz CT molecular complexity index is 530. The van der Waals surface area contributed by atoms with Crippen LogP contribution in [0.5, 0.6) is 0 Å². The SMILES string of the molecule is N#CC1=C(c2ccccc2)OC(O)(C(F)(F)F)C1. The van der Waals surface area contributed by atoms with E-state index in [1.165, 1.54) is 12.1 Å². The first-order valence-corrected chi connectivity index (χ1v) is 5.04. The van der Waals surface area contributed by atoms with Gasteiger partial charge in [0.2, 0.25) is 0 Å². The lowest BCUT2D eigenvalue weighted by Crippen LogP contribution is -2.44. The van der Waals surface area contributed by atoms with Gasteiger partial charge in [0, 0.05) is 5.56 Å². The Balaban J connectivity index is 2.41. The molecule has 1 atom stereocenters. The third-order valence-corrected chi connectivity index (χ3v) is 2.58. The standard InChI is InChI=1S/C12H8F3NO2/c13-12(14,15)11(17)6-9(7-16)10(18-11)8-4-2-1-3-5-8/h1-5,17H,6H2. The zero-order valence-electron chi connectivity index (χ0n) is 9.03. The van der Waals surface area contributed by atoms with Crippen molar-refractivity contribution >= 4 is 5.76 Å². The molecule has 0 amide bonds. The summed E-state index contributed by atoms with van der Waals surface area (Å²) in [5.41, 5.74) is 0.107. The molecule has 0 saturated carbocycles. The lowest BCUT2D eigenvalue weighted by Gasteiger charge is -2.25. The number of benzene rings is 1. The van der Waals surface area contributed by atoms with E-state index in [-0.39, 0.29) is 11.3 Å². The van der Waals surface area contributed by atoms with Crippen molar-refractivity contribution in [1.29, 1.82) is 5.26 Å². The number of ether oxygens (including phenoxy) is 1. The van der Waals surface area contributed by atoms with Gasteiger partial charge in [0.25, 0.3) is 0 Å². The van der Waals surface area contributed by atoms with E-state index < -0.39 is 18.4 Å². The van der Waals surface area contributed by atoms with Crippen LogP contribution in [0.4, 0.5) is 13.2 Å². The monoisotopic (exact) mass is 255 g/mol. The Kier molecular flexibility index (Phi) is 2.79. The van der Waals surface area contributed by atoms with Crippen molar-refractivity contribution < 1.29 is 23.0 Å². The normalized spacial score (nSPS) is 23.7. The Morgan fingerprint density at radius 3 is 2.39 bits per heavy atom. The Labute approximate surface area is 101 Å². The van der Waals surface area contributed by atoms with Gasteiger partial charge >= 0.3 is 12.0 Å². The zero-order valence-corrected chi connectivity index (χ0v) is 9.03. The molecule has 1 aliphatic heterocycles. The fourth-order valence-electron chi connectivity index (χ4n) is 1.66. The van der Waals surface area contributed by atoms with E-state index >= 15 is 0 Å². The number of aliphatic hydroxyl groups is 1. The van der Waals surface area contributed by atoms with Gasteiger partial charge < -0.3 is 9.84 Å². The topological polar surface area (TPSA) is 53.2 Å². The lowest BCUT2D eigenvalue weighted by molar-refractivity contribution is -0.337. The molecule has 1 unspecified atom stereocenters. The van der Waals surface area contributed by atoms with Gasteiger partial charge in [0.15, 0.2) is 0 Å². The van der Waals surface area contributed by atoms with Crippen LogP contribution in [0.25, 0.3) is 5.76 Å². The minimum absolute atomic E-state index is 0.221. The van der Waals surface area contributed by atoms with Crippen LogP contribution in [-0.2, 0) is 4.74 Å². The predicted octanol–water partition coefficient (Wildman–Crippen LogP) is 2.59. The molecule has 1 heterocycles. The van der Waals surface area contributed by atoms with Crippen molar-refractivity contribution in [1.82, 2.24) is 0 Å². The maximum Gasteiger partial charge on any atom is 0.455 e. The summed E-state index contributed by atoms with van der Waals surface area (Å²) in [7, 11) is 0. The number of halogens is 3. The van der Waals surface area contributed by atoms with E-state index in [9.17, 15) is 18.3 Å². The second-order valence-electron chi connectivity index (χ2n) is 3.85. The minimum Gasteiger partial charge on any atom is -0.451 e. The summed E-state index contributed by atoms with van der Waals surface area (Å²) in [5, 5.41) is 18.3. The summed E-state index contributed by atoms with van der Waals surface area (Å²) >= 11 is 0. The maximum absolute atomic E-state index is 12.6. The summed E-state index contributed by atoms with van der Waals surface area (Å²) in [6.07, 6.45) is -5.84. The lowest BCUT2D eigenvalue weighted by atomic mass is 10.1. The van der Waals surface area contributed by atoms with Crippen molar-refractivity contribution in [3.63, 3.8) is 0 Å². The summed E-state index contributed by atoms with van der Waals surface area (Å²) in [5.74, 6) is -3.54. The molecule has 0 saturated heterocycles. The van der Waals surface area contributed by atoms with Crippen molar-refractivity contribution in [3.8, 4) is 6.07 Å². The first-order valence-electron chi connectivity index (χ1n) is 5.04. The van der Waals surface area contributed by atoms with Gasteiger partial charge in [0.1, 0.15) is 5.76 Å². The maximum atomic E-state index is 12.6. The first kappa shape index (κ1) is 12.5. The third-order valence-electron chi connectivity index (χ3n) is 2.58. The molecule has 0 bridgehead atoms. The third kappa shape index (κ3) is 1.93. The fraction of sp³-hybridized carbons (Fsp3) is 0.250. The van der Waals surface area contributed by atoms with E-state index in [4.69, 9.17) is 5.26 Å². The number of nitrogens with zero attached hydrogens (tertiary/aromatic N) is 1. The molecule has 3 nitrogen and oxygen atoms in total. The number of rotatable bonds is 1. The Hall–Kier alpha value is -2.00. The van der Waals surface area contributed by atoms with Crippen LogP contribution in [0.15, 0.2) is 35.9 Å². The summed E-state index contributed by atoms with van der Waals surface area (Å²) in [6.45, 7) is 0. The largest absolute Gasteiger partial charge is 0.455 e. The van der Waals surface area contributed by atoms with Crippen LogP contribution in [0.2, 0.25) is 0 Å². The molecule has 0 aliphatic carbocycles. The summed E-state index contributed by atoms with van der Waals surface area (Å²) < 4.78 is 42.5. The number of nitriles is 1. The fourth-order valence-corrected chi connectivity index (χ4v) is 1.66. The van der Waals surface area contributed by atoms with Gasteiger partial charge in [-0.3, -0.25) is 0 Å². The van der Waals surface area contributed by atoms with Crippen molar-refractivity contribution in [2.24, 2.45) is 0 Å². The summed E-state index contributed by atoms with van der Waals surface area (Å²) in [4.78, 5) is 0. The average Bonchev–Trinajstić information content (AvgIpc) is 2.69. The molecule has 0 spiro atoms. The van der Waals surface area contributed by atoms with E-state index in [2.05, 4.69) is 4.74 Å². The molecule has 0 radical (unpaired) electrons. The molecular weight excluding hydrogens is 247 g/mol. The van der Waals surface area contributed by atoms with Crippen LogP contribution in [0.3, 0.4) is 0 Å². The molecule has 6 heteroatoms. The highest BCUT2D eigenvalue weighted by Gasteiger charge is 2.60. The van der Waals surface area contributed by atoms with E-state index in [0.717, 1.165) is 0 Å². The van der Waals surface area contributed by atoms with Gasteiger partial charge in [0.05, 0.1) is 18.1 Å². The van der Waals surface area contributed by atoms with Crippen molar-refractivity contribution in [3.05, 3.63) is 41.5 Å². The van der Waals surface area contributed by atoms with Crippen molar-refractivity contribution in [2.45, 2.75) is 18.4 Å². The summed E-state index contributed by atoms with van der Waals surface area (Å²) in [6, 6.07) is 9.54. The van der Waals surface area contributed by atoms with Crippen LogP contribution < -0.4 is 0 Å². The molecular formula is C12H8F3NO2. The number of alkyl halides is 3. The van der Waals surface area contributed by atoms with Crippen LogP contribution in [0, 0.1) is 11.3 Å². The van der Waals surface area contributed by atoms with Crippen LogP contribution >= 0.6 is 0 Å². The molecule has 1 aliphatic rings. The van der Waals surface area contributed by atoms with Gasteiger partial charge in [-0.25, -0.2) is 0 Å². The number of hydrogen-bond donors (Lipinski definition) is 1. The van der Waals surface area contributed by atoms with Gasteiger partial charge in [-0.15, -0.1) is 0 Å². The Morgan fingerprint density at radius 1 is 1.28 bits per heavy atom. The van der Waals surface area contributed by atoms with E-state index in [1.54, 1.807) is 24.3 Å². The van der Waals surface area contributed by atoms with Crippen molar-refractivity contribution in [2.75, 3.05) is 0 Å². The van der Waals surface area contributed by atoms with E-state index in [1.807, 2.05) is 0 Å². The molecule has 2 rings (SSSR count). The minimum atomic E-state index is -4.95. The van der Waals surface area contributed by atoms with Gasteiger partial charge in [-0.1, -0.05) is 30.3 Å². The predicted molar refractivity (Wildman–Crippen MR) is 55.7 cm³/mol. The van der Waals surface area contributed by atoms with E-state index in [0.29, 0.717) is 5.56 Å². The molecule has 1 aromatic carbocycles. The molecule has 94 valence electrons. The highest BCUT2D eigenvalue weighted by Crippen LogP contribution is 2.45. The molecule has 1 N–H and O–H groups in total. The van der Waals surface area contributed by atoms with Crippen LogP contribution in [0.1, 0.15) is 12.0 Å². The second-order valence-corrected chi connectivity index (χ2v) is 3.85. The zero-order chi connectivity index (χ0) is 13.4. The Morgan fingerprint density at radius 2 is 1.89 bits per heavy atom. The van der Waals surface area contributed by atoms with Crippen LogP contribution in [-0.4, -0.2) is 17.1 Å². The second kappa shape index (κ2) is 4.03. The number of hydrogen-bond acceptors (Lipinski definition) is 3. The highest BCUT2D eigenvalue weighted by atomic mass is 19.4. The van der Waals surface area contributed by atoms with Gasteiger partial charge in [-0.2, -0.15) is 18.4 Å². The highest BCUT2D eigenvalue weighted by molar-refractivity contribution is 5.69. The molecule has 0 fully saturated rings.